The van der Waals surface area contributed by atoms with Crippen LogP contribution in [0, 0.1) is 0 Å². The van der Waals surface area contributed by atoms with Crippen LogP contribution >= 0.6 is 0 Å². The van der Waals surface area contributed by atoms with Crippen molar-refractivity contribution < 1.29 is 18.0 Å². The number of hydrogen-bond donors (Lipinski definition) is 1. The molecule has 23 heavy (non-hydrogen) atoms. The van der Waals surface area contributed by atoms with Crippen LogP contribution in [0.2, 0.25) is 0 Å². The summed E-state index contributed by atoms with van der Waals surface area (Å²) >= 11 is 0. The molecule has 0 spiro atoms. The number of hydrogen-bond acceptors (Lipinski definition) is 2. The van der Waals surface area contributed by atoms with Crippen molar-refractivity contribution >= 4 is 11.6 Å². The van der Waals surface area contributed by atoms with Gasteiger partial charge in [0.1, 0.15) is 0 Å². The van der Waals surface area contributed by atoms with E-state index in [9.17, 15) is 18.0 Å². The van der Waals surface area contributed by atoms with E-state index in [1.807, 2.05) is 0 Å². The maximum atomic E-state index is 13.0. The van der Waals surface area contributed by atoms with Gasteiger partial charge >= 0.3 is 6.18 Å². The predicted molar refractivity (Wildman–Crippen MR) is 84.2 cm³/mol. The van der Waals surface area contributed by atoms with Crippen molar-refractivity contribution in [1.29, 1.82) is 0 Å². The topological polar surface area (TPSA) is 32.3 Å². The number of amides is 1. The summed E-state index contributed by atoms with van der Waals surface area (Å²) in [6.07, 6.45) is 1.07. The van der Waals surface area contributed by atoms with E-state index < -0.39 is 17.8 Å². The summed E-state index contributed by atoms with van der Waals surface area (Å²) < 4.78 is 39.0. The molecule has 0 bridgehead atoms. The van der Waals surface area contributed by atoms with Crippen molar-refractivity contribution in [2.45, 2.75) is 51.2 Å². The van der Waals surface area contributed by atoms with Crippen LogP contribution in [0.5, 0.6) is 0 Å². The normalized spacial score (nSPS) is 18.8. The Hall–Kier alpha value is -1.56. The summed E-state index contributed by atoms with van der Waals surface area (Å²) in [6.45, 7) is 3.39. The molecule has 0 aliphatic carbocycles. The fourth-order valence-corrected chi connectivity index (χ4v) is 2.90. The number of nitrogens with zero attached hydrogens (tertiary/aromatic N) is 1. The van der Waals surface area contributed by atoms with Gasteiger partial charge in [-0.1, -0.05) is 31.4 Å². The monoisotopic (exact) mass is 328 g/mol. The summed E-state index contributed by atoms with van der Waals surface area (Å²) in [4.78, 5) is 14.4. The van der Waals surface area contributed by atoms with Gasteiger partial charge in [-0.05, 0) is 45.0 Å². The van der Waals surface area contributed by atoms with Crippen LogP contribution in [0.4, 0.5) is 18.9 Å². The molecule has 0 aromatic heterocycles. The molecule has 2 rings (SSSR count). The Morgan fingerprint density at radius 2 is 1.65 bits per heavy atom. The third kappa shape index (κ3) is 4.96. The first kappa shape index (κ1) is 17.8. The largest absolute Gasteiger partial charge is 0.418 e. The molecular weight excluding hydrogens is 305 g/mol. The maximum Gasteiger partial charge on any atom is 0.418 e. The molecule has 1 aromatic rings. The van der Waals surface area contributed by atoms with Gasteiger partial charge < -0.3 is 5.32 Å². The summed E-state index contributed by atoms with van der Waals surface area (Å²) in [6, 6.07) is 4.65. The Kier molecular flexibility index (Phi) is 6.04. The molecule has 1 heterocycles. The molecule has 3 nitrogen and oxygen atoms in total. The zero-order valence-electron chi connectivity index (χ0n) is 13.3. The minimum atomic E-state index is -4.48. The molecule has 0 radical (unpaired) electrons. The lowest BCUT2D eigenvalue weighted by molar-refractivity contribution is -0.137. The van der Waals surface area contributed by atoms with E-state index in [4.69, 9.17) is 0 Å². The highest BCUT2D eigenvalue weighted by molar-refractivity contribution is 5.95. The van der Waals surface area contributed by atoms with E-state index in [0.29, 0.717) is 0 Å². The summed E-state index contributed by atoms with van der Waals surface area (Å²) in [5.74, 6) is -0.387. The van der Waals surface area contributed by atoms with Gasteiger partial charge in [-0.15, -0.1) is 0 Å². The number of likely N-dealkylation sites (tertiary alicyclic amines) is 1. The molecule has 1 saturated heterocycles. The highest BCUT2D eigenvalue weighted by Gasteiger charge is 2.34. The Balaban J connectivity index is 2.06. The van der Waals surface area contributed by atoms with Crippen molar-refractivity contribution in [2.75, 3.05) is 18.4 Å². The van der Waals surface area contributed by atoms with Crippen molar-refractivity contribution in [3.8, 4) is 0 Å². The Morgan fingerprint density at radius 3 is 2.26 bits per heavy atom. The number of carbonyl (C=O) groups excluding carboxylic acids is 1. The lowest BCUT2D eigenvalue weighted by atomic mass is 10.1. The first-order chi connectivity index (χ1) is 10.9. The van der Waals surface area contributed by atoms with Crippen LogP contribution < -0.4 is 5.32 Å². The van der Waals surface area contributed by atoms with Gasteiger partial charge in [-0.3, -0.25) is 9.69 Å². The number of para-hydroxylation sites is 1. The van der Waals surface area contributed by atoms with Gasteiger partial charge in [0.05, 0.1) is 17.3 Å². The Bertz CT molecular complexity index is 523. The molecule has 1 aliphatic rings. The summed E-state index contributed by atoms with van der Waals surface area (Å²) in [7, 11) is 0. The molecule has 128 valence electrons. The molecule has 1 N–H and O–H groups in total. The van der Waals surface area contributed by atoms with E-state index in [1.165, 1.54) is 24.6 Å². The van der Waals surface area contributed by atoms with Gasteiger partial charge in [0.2, 0.25) is 5.91 Å². The number of alkyl halides is 3. The van der Waals surface area contributed by atoms with Crippen LogP contribution in [-0.2, 0) is 11.0 Å². The van der Waals surface area contributed by atoms with Crippen molar-refractivity contribution in [3.63, 3.8) is 0 Å². The van der Waals surface area contributed by atoms with Crippen molar-refractivity contribution in [3.05, 3.63) is 29.8 Å². The first-order valence-electron chi connectivity index (χ1n) is 8.11. The van der Waals surface area contributed by atoms with Crippen LogP contribution in [0.3, 0.4) is 0 Å². The van der Waals surface area contributed by atoms with Crippen molar-refractivity contribution in [1.82, 2.24) is 4.90 Å². The average Bonchev–Trinajstić information content (AvgIpc) is 2.45. The first-order valence-corrected chi connectivity index (χ1v) is 8.11. The van der Waals surface area contributed by atoms with Crippen LogP contribution in [0.1, 0.15) is 44.6 Å². The fourth-order valence-electron chi connectivity index (χ4n) is 2.90. The lowest BCUT2D eigenvalue weighted by Gasteiger charge is -2.30. The minimum Gasteiger partial charge on any atom is -0.324 e. The van der Waals surface area contributed by atoms with Crippen molar-refractivity contribution in [2.24, 2.45) is 0 Å². The van der Waals surface area contributed by atoms with Gasteiger partial charge in [-0.25, -0.2) is 0 Å². The second-order valence-electron chi connectivity index (χ2n) is 6.01. The fraction of sp³-hybridized carbons (Fsp3) is 0.588. The quantitative estimate of drug-likeness (QED) is 0.897. The molecule has 1 atom stereocenters. The maximum absolute atomic E-state index is 13.0. The number of nitrogens with one attached hydrogen (secondary N) is 1. The van der Waals surface area contributed by atoms with Crippen LogP contribution in [0.25, 0.3) is 0 Å². The Morgan fingerprint density at radius 1 is 1.09 bits per heavy atom. The molecule has 1 fully saturated rings. The van der Waals surface area contributed by atoms with Gasteiger partial charge in [0, 0.05) is 0 Å². The number of anilines is 1. The minimum absolute atomic E-state index is 0.177. The Labute approximate surface area is 134 Å². The second kappa shape index (κ2) is 7.81. The van der Waals surface area contributed by atoms with Gasteiger partial charge in [0.25, 0.3) is 0 Å². The van der Waals surface area contributed by atoms with E-state index in [1.54, 1.807) is 6.92 Å². The second-order valence-corrected chi connectivity index (χ2v) is 6.01. The number of benzene rings is 1. The molecule has 0 unspecified atom stereocenters. The number of carbonyl (C=O) groups is 1. The summed E-state index contributed by atoms with van der Waals surface area (Å²) in [5, 5.41) is 2.45. The molecule has 1 aliphatic heterocycles. The standard InChI is InChI=1S/C17H23F3N2O/c1-13(22-11-7-3-2-4-8-12-22)16(23)21-15-10-6-5-9-14(15)17(18,19)20/h5-6,9-10,13H,2-4,7-8,11-12H2,1H3,(H,21,23)/t13-/m0/s1. The van der Waals surface area contributed by atoms with E-state index >= 15 is 0 Å². The van der Waals surface area contributed by atoms with Crippen LogP contribution in [0.15, 0.2) is 24.3 Å². The van der Waals surface area contributed by atoms with E-state index in [-0.39, 0.29) is 11.6 Å². The van der Waals surface area contributed by atoms with Gasteiger partial charge in [0.15, 0.2) is 0 Å². The molecule has 1 aromatic carbocycles. The van der Waals surface area contributed by atoms with E-state index in [2.05, 4.69) is 10.2 Å². The highest BCUT2D eigenvalue weighted by Crippen LogP contribution is 2.34. The number of halogens is 3. The van der Waals surface area contributed by atoms with E-state index in [0.717, 1.165) is 44.8 Å². The third-order valence-electron chi connectivity index (χ3n) is 4.31. The highest BCUT2D eigenvalue weighted by atomic mass is 19.4. The SMILES string of the molecule is C[C@@H](C(=O)Nc1ccccc1C(F)(F)F)N1CCCCCCC1. The lowest BCUT2D eigenvalue weighted by Crippen LogP contribution is -2.43. The predicted octanol–water partition coefficient (Wildman–Crippen LogP) is 4.30. The molecule has 6 heteroatoms. The summed E-state index contributed by atoms with van der Waals surface area (Å²) in [5.41, 5.74) is -0.989. The average molecular weight is 328 g/mol. The number of rotatable bonds is 3. The van der Waals surface area contributed by atoms with Gasteiger partial charge in [-0.2, -0.15) is 13.2 Å². The van der Waals surface area contributed by atoms with Crippen LogP contribution in [-0.4, -0.2) is 29.9 Å². The molecule has 1 amide bonds. The zero-order valence-corrected chi connectivity index (χ0v) is 13.3. The zero-order chi connectivity index (χ0) is 16.9. The molecular formula is C17H23F3N2O. The third-order valence-corrected chi connectivity index (χ3v) is 4.31. The molecule has 0 saturated carbocycles. The smallest absolute Gasteiger partial charge is 0.324 e.